The van der Waals surface area contributed by atoms with Gasteiger partial charge in [0.2, 0.25) is 0 Å². The van der Waals surface area contributed by atoms with Gasteiger partial charge in [0, 0.05) is 11.7 Å². The highest BCUT2D eigenvalue weighted by Gasteiger charge is 2.41. The molecule has 29 heavy (non-hydrogen) atoms. The van der Waals surface area contributed by atoms with Gasteiger partial charge in [-0.15, -0.1) is 0 Å². The molecule has 0 heterocycles. The zero-order chi connectivity index (χ0) is 21.4. The highest BCUT2D eigenvalue weighted by Crippen LogP contribution is 2.34. The predicted molar refractivity (Wildman–Crippen MR) is 117 cm³/mol. The summed E-state index contributed by atoms with van der Waals surface area (Å²) in [7, 11) is 1.62. The summed E-state index contributed by atoms with van der Waals surface area (Å²) in [5, 5.41) is 6.63. The molecule has 0 aliphatic carbocycles. The number of benzene rings is 2. The molecule has 5 heteroatoms. The molecule has 0 aliphatic rings. The molecule has 0 saturated carbocycles. The van der Waals surface area contributed by atoms with Crippen molar-refractivity contribution in [2.75, 3.05) is 12.4 Å². The average Bonchev–Trinajstić information content (AvgIpc) is 2.68. The molecule has 4 nitrogen and oxygen atoms in total. The van der Waals surface area contributed by atoms with Gasteiger partial charge in [-0.1, -0.05) is 39.3 Å². The van der Waals surface area contributed by atoms with E-state index >= 15 is 0 Å². The summed E-state index contributed by atoms with van der Waals surface area (Å²) >= 11 is 0. The van der Waals surface area contributed by atoms with Crippen LogP contribution < -0.4 is 15.4 Å². The van der Waals surface area contributed by atoms with Crippen molar-refractivity contribution in [1.82, 2.24) is 5.32 Å². The number of amides is 1. The van der Waals surface area contributed by atoms with Crippen LogP contribution in [0.2, 0.25) is 0 Å². The largest absolute Gasteiger partial charge is 0.497 e. The number of anilines is 1. The Bertz CT molecular complexity index is 774. The summed E-state index contributed by atoms with van der Waals surface area (Å²) in [5.41, 5.74) is 0.525. The molecule has 2 aromatic carbocycles. The molecule has 0 aromatic heterocycles. The van der Waals surface area contributed by atoms with Crippen molar-refractivity contribution in [3.63, 3.8) is 0 Å². The Morgan fingerprint density at radius 2 is 1.69 bits per heavy atom. The summed E-state index contributed by atoms with van der Waals surface area (Å²) in [6, 6.07) is 13.7. The molecule has 2 atom stereocenters. The molecule has 0 aliphatic heterocycles. The van der Waals surface area contributed by atoms with E-state index in [4.69, 9.17) is 4.74 Å². The zero-order valence-electron chi connectivity index (χ0n) is 18.1. The SMILES string of the molecule is CCCC(C)NC(=O)C(CC(C)C)(Nc1ccc(OC)cc1)c1ccc(F)cc1. The van der Waals surface area contributed by atoms with Gasteiger partial charge in [-0.3, -0.25) is 4.79 Å². The Labute approximate surface area is 173 Å². The van der Waals surface area contributed by atoms with Crippen molar-refractivity contribution in [3.05, 3.63) is 59.9 Å². The minimum atomic E-state index is -1.02. The summed E-state index contributed by atoms with van der Waals surface area (Å²) < 4.78 is 18.9. The molecule has 158 valence electrons. The fourth-order valence-corrected chi connectivity index (χ4v) is 3.64. The number of ether oxygens (including phenoxy) is 1. The van der Waals surface area contributed by atoms with Gasteiger partial charge >= 0.3 is 0 Å². The first-order valence-electron chi connectivity index (χ1n) is 10.3. The Morgan fingerprint density at radius 3 is 2.21 bits per heavy atom. The van der Waals surface area contributed by atoms with Crippen LogP contribution in [0, 0.1) is 11.7 Å². The quantitative estimate of drug-likeness (QED) is 0.554. The van der Waals surface area contributed by atoms with Gasteiger partial charge in [0.05, 0.1) is 7.11 Å². The van der Waals surface area contributed by atoms with E-state index in [1.54, 1.807) is 19.2 Å². The van der Waals surface area contributed by atoms with E-state index < -0.39 is 5.54 Å². The van der Waals surface area contributed by atoms with Gasteiger partial charge in [0.25, 0.3) is 5.91 Å². The summed E-state index contributed by atoms with van der Waals surface area (Å²) in [5.74, 6) is 0.553. The number of carbonyl (C=O) groups is 1. The van der Waals surface area contributed by atoms with E-state index in [2.05, 4.69) is 31.4 Å². The molecule has 2 unspecified atom stereocenters. The number of carbonyl (C=O) groups excluding carboxylic acids is 1. The van der Waals surface area contributed by atoms with E-state index in [9.17, 15) is 9.18 Å². The lowest BCUT2D eigenvalue weighted by Gasteiger charge is -2.37. The highest BCUT2D eigenvalue weighted by molar-refractivity contribution is 5.91. The molecule has 2 aromatic rings. The Morgan fingerprint density at radius 1 is 1.07 bits per heavy atom. The second-order valence-electron chi connectivity index (χ2n) is 8.03. The number of hydrogen-bond donors (Lipinski definition) is 2. The molecule has 0 bridgehead atoms. The number of rotatable bonds is 10. The maximum absolute atomic E-state index is 13.6. The molecule has 0 radical (unpaired) electrons. The van der Waals surface area contributed by atoms with E-state index in [-0.39, 0.29) is 23.7 Å². The molecule has 2 rings (SSSR count). The van der Waals surface area contributed by atoms with E-state index in [1.165, 1.54) is 12.1 Å². The van der Waals surface area contributed by atoms with Crippen molar-refractivity contribution in [1.29, 1.82) is 0 Å². The van der Waals surface area contributed by atoms with Crippen molar-refractivity contribution in [2.45, 2.75) is 58.5 Å². The van der Waals surface area contributed by atoms with Gasteiger partial charge < -0.3 is 15.4 Å². The maximum atomic E-state index is 13.6. The van der Waals surface area contributed by atoms with E-state index in [1.807, 2.05) is 31.2 Å². The lowest BCUT2D eigenvalue weighted by atomic mass is 9.80. The molecular formula is C24H33FN2O2. The summed E-state index contributed by atoms with van der Waals surface area (Å²) in [4.78, 5) is 13.6. The summed E-state index contributed by atoms with van der Waals surface area (Å²) in [6.45, 7) is 8.27. The predicted octanol–water partition coefficient (Wildman–Crippen LogP) is 5.49. The minimum absolute atomic E-state index is 0.0529. The Balaban J connectivity index is 2.51. The van der Waals surface area contributed by atoms with Crippen LogP contribution in [-0.2, 0) is 10.3 Å². The first-order valence-corrected chi connectivity index (χ1v) is 10.3. The molecule has 1 amide bonds. The van der Waals surface area contributed by atoms with Gasteiger partial charge in [-0.2, -0.15) is 0 Å². The standard InChI is InChI=1S/C24H33FN2O2/c1-6-7-18(4)26-23(28)24(16-17(2)3,19-8-10-20(25)11-9-19)27-21-12-14-22(29-5)15-13-21/h8-15,17-18,27H,6-7,16H2,1-5H3,(H,26,28). The number of halogens is 1. The zero-order valence-corrected chi connectivity index (χ0v) is 18.1. The fraction of sp³-hybridized carbons (Fsp3) is 0.458. The third-order valence-electron chi connectivity index (χ3n) is 4.99. The average molecular weight is 401 g/mol. The first-order chi connectivity index (χ1) is 13.8. The van der Waals surface area contributed by atoms with E-state index in [0.29, 0.717) is 6.42 Å². The Kier molecular flexibility index (Phi) is 8.06. The van der Waals surface area contributed by atoms with E-state index in [0.717, 1.165) is 29.8 Å². The second-order valence-corrected chi connectivity index (χ2v) is 8.03. The summed E-state index contributed by atoms with van der Waals surface area (Å²) in [6.07, 6.45) is 2.45. The van der Waals surface area contributed by atoms with Crippen LogP contribution in [0.15, 0.2) is 48.5 Å². The lowest BCUT2D eigenvalue weighted by Crippen LogP contribution is -2.53. The van der Waals surface area contributed by atoms with Crippen LogP contribution in [0.1, 0.15) is 52.5 Å². The molecule has 0 saturated heterocycles. The third kappa shape index (κ3) is 5.96. The van der Waals surface area contributed by atoms with Gasteiger partial charge in [-0.25, -0.2) is 4.39 Å². The smallest absolute Gasteiger partial charge is 0.250 e. The highest BCUT2D eigenvalue weighted by atomic mass is 19.1. The van der Waals surface area contributed by atoms with Crippen LogP contribution >= 0.6 is 0 Å². The number of methoxy groups -OCH3 is 1. The van der Waals surface area contributed by atoms with Crippen molar-refractivity contribution >= 4 is 11.6 Å². The van der Waals surface area contributed by atoms with Crippen molar-refractivity contribution < 1.29 is 13.9 Å². The molecular weight excluding hydrogens is 367 g/mol. The van der Waals surface area contributed by atoms with Crippen molar-refractivity contribution in [3.8, 4) is 5.75 Å². The molecule has 0 fully saturated rings. The number of hydrogen-bond acceptors (Lipinski definition) is 3. The number of nitrogens with one attached hydrogen (secondary N) is 2. The van der Waals surface area contributed by atoms with Crippen LogP contribution in [0.4, 0.5) is 10.1 Å². The topological polar surface area (TPSA) is 50.4 Å². The van der Waals surface area contributed by atoms with Crippen molar-refractivity contribution in [2.24, 2.45) is 5.92 Å². The second kappa shape index (κ2) is 10.3. The fourth-order valence-electron chi connectivity index (χ4n) is 3.64. The van der Waals surface area contributed by atoms with Crippen LogP contribution in [0.5, 0.6) is 5.75 Å². The monoisotopic (exact) mass is 400 g/mol. The lowest BCUT2D eigenvalue weighted by molar-refractivity contribution is -0.127. The first kappa shape index (κ1) is 22.7. The van der Waals surface area contributed by atoms with Gasteiger partial charge in [-0.05, 0) is 67.6 Å². The maximum Gasteiger partial charge on any atom is 0.250 e. The molecule has 0 spiro atoms. The van der Waals surface area contributed by atoms with Crippen LogP contribution in [0.25, 0.3) is 0 Å². The van der Waals surface area contributed by atoms with Gasteiger partial charge in [0.15, 0.2) is 0 Å². The normalized spacial score (nSPS) is 14.2. The van der Waals surface area contributed by atoms with Crippen LogP contribution in [0.3, 0.4) is 0 Å². The van der Waals surface area contributed by atoms with Crippen LogP contribution in [-0.4, -0.2) is 19.1 Å². The Hall–Kier alpha value is -2.56. The third-order valence-corrected chi connectivity index (χ3v) is 4.99. The minimum Gasteiger partial charge on any atom is -0.497 e. The van der Waals surface area contributed by atoms with Gasteiger partial charge in [0.1, 0.15) is 17.1 Å². The molecule has 2 N–H and O–H groups in total.